The van der Waals surface area contributed by atoms with Crippen molar-refractivity contribution in [2.75, 3.05) is 18.0 Å². The monoisotopic (exact) mass is 292 g/mol. The van der Waals surface area contributed by atoms with E-state index in [0.717, 1.165) is 24.2 Å². The Balaban J connectivity index is 2.02. The molecule has 0 spiro atoms. The number of H-pyrrole nitrogens is 1. The fourth-order valence-corrected chi connectivity index (χ4v) is 3.03. The number of nitrogens with one attached hydrogen (secondary N) is 2. The van der Waals surface area contributed by atoms with Crippen LogP contribution in [-0.4, -0.2) is 35.1 Å². The second kappa shape index (κ2) is 5.07. The Bertz CT molecular complexity index is 689. The SMILES string of the molecule is CC1CN(c2cnc3[nH]c(=O)cc(Cl)c3c2)CC(C)N1. The molecule has 2 unspecified atom stereocenters. The molecule has 1 aliphatic rings. The molecule has 3 heterocycles. The lowest BCUT2D eigenvalue weighted by atomic mass is 10.1. The maximum Gasteiger partial charge on any atom is 0.251 e. The van der Waals surface area contributed by atoms with E-state index in [1.54, 1.807) is 6.20 Å². The summed E-state index contributed by atoms with van der Waals surface area (Å²) in [6.07, 6.45) is 1.79. The van der Waals surface area contributed by atoms with E-state index < -0.39 is 0 Å². The molecule has 5 nitrogen and oxygen atoms in total. The number of rotatable bonds is 1. The summed E-state index contributed by atoms with van der Waals surface area (Å²) in [5, 5.41) is 4.72. The summed E-state index contributed by atoms with van der Waals surface area (Å²) in [6.45, 7) is 6.19. The highest BCUT2D eigenvalue weighted by atomic mass is 35.5. The molecule has 1 saturated heterocycles. The number of aromatic amines is 1. The lowest BCUT2D eigenvalue weighted by molar-refractivity contribution is 0.407. The van der Waals surface area contributed by atoms with E-state index in [-0.39, 0.29) is 5.56 Å². The number of hydrogen-bond donors (Lipinski definition) is 2. The van der Waals surface area contributed by atoms with Gasteiger partial charge in [-0.2, -0.15) is 0 Å². The first-order chi connectivity index (χ1) is 9.52. The van der Waals surface area contributed by atoms with Crippen LogP contribution in [0.25, 0.3) is 11.0 Å². The minimum Gasteiger partial charge on any atom is -0.367 e. The van der Waals surface area contributed by atoms with E-state index in [2.05, 4.69) is 34.0 Å². The summed E-state index contributed by atoms with van der Waals surface area (Å²) >= 11 is 6.14. The second-order valence-electron chi connectivity index (χ2n) is 5.44. The van der Waals surface area contributed by atoms with Crippen molar-refractivity contribution in [1.29, 1.82) is 0 Å². The number of pyridine rings is 2. The Morgan fingerprint density at radius 1 is 1.30 bits per heavy atom. The van der Waals surface area contributed by atoms with E-state index in [4.69, 9.17) is 11.6 Å². The zero-order chi connectivity index (χ0) is 14.3. The molecule has 2 N–H and O–H groups in total. The Labute approximate surface area is 122 Å². The van der Waals surface area contributed by atoms with Gasteiger partial charge in [0.2, 0.25) is 0 Å². The molecular formula is C14H17ClN4O. The number of nitrogens with zero attached hydrogens (tertiary/aromatic N) is 2. The van der Waals surface area contributed by atoms with Gasteiger partial charge in [-0.25, -0.2) is 4.98 Å². The third kappa shape index (κ3) is 2.51. The van der Waals surface area contributed by atoms with Gasteiger partial charge >= 0.3 is 0 Å². The van der Waals surface area contributed by atoms with Crippen LogP contribution in [0.4, 0.5) is 5.69 Å². The molecule has 0 bridgehead atoms. The third-order valence-electron chi connectivity index (χ3n) is 3.55. The van der Waals surface area contributed by atoms with Gasteiger partial charge in [-0.1, -0.05) is 11.6 Å². The molecule has 1 fully saturated rings. The molecule has 2 aromatic rings. The predicted octanol–water partition coefficient (Wildman–Crippen LogP) is 1.76. The maximum atomic E-state index is 11.4. The number of fused-ring (bicyclic) bond motifs is 1. The van der Waals surface area contributed by atoms with Crippen molar-refractivity contribution < 1.29 is 0 Å². The number of aromatic nitrogens is 2. The minimum atomic E-state index is -0.229. The average molecular weight is 293 g/mol. The summed E-state index contributed by atoms with van der Waals surface area (Å²) in [5.41, 5.74) is 1.33. The van der Waals surface area contributed by atoms with Crippen molar-refractivity contribution >= 4 is 28.3 Å². The molecule has 0 saturated carbocycles. The predicted molar refractivity (Wildman–Crippen MR) is 81.6 cm³/mol. The highest BCUT2D eigenvalue weighted by Gasteiger charge is 2.21. The van der Waals surface area contributed by atoms with Gasteiger partial charge in [-0.15, -0.1) is 0 Å². The van der Waals surface area contributed by atoms with Crippen LogP contribution in [0.1, 0.15) is 13.8 Å². The molecule has 3 rings (SSSR count). The Kier molecular flexibility index (Phi) is 3.40. The second-order valence-corrected chi connectivity index (χ2v) is 5.85. The first-order valence-corrected chi connectivity index (χ1v) is 7.10. The van der Waals surface area contributed by atoms with Gasteiger partial charge in [-0.05, 0) is 19.9 Å². The lowest BCUT2D eigenvalue weighted by Gasteiger charge is -2.37. The van der Waals surface area contributed by atoms with Crippen molar-refractivity contribution in [2.24, 2.45) is 0 Å². The molecule has 0 aliphatic carbocycles. The minimum absolute atomic E-state index is 0.229. The van der Waals surface area contributed by atoms with Crippen LogP contribution in [0.2, 0.25) is 5.02 Å². The van der Waals surface area contributed by atoms with Crippen LogP contribution in [0.15, 0.2) is 23.1 Å². The molecular weight excluding hydrogens is 276 g/mol. The summed E-state index contributed by atoms with van der Waals surface area (Å²) in [6, 6.07) is 4.24. The highest BCUT2D eigenvalue weighted by Crippen LogP contribution is 2.25. The number of anilines is 1. The van der Waals surface area contributed by atoms with E-state index in [0.29, 0.717) is 22.8 Å². The molecule has 106 valence electrons. The van der Waals surface area contributed by atoms with Crippen molar-refractivity contribution in [1.82, 2.24) is 15.3 Å². The first kappa shape index (κ1) is 13.4. The van der Waals surface area contributed by atoms with Crippen LogP contribution < -0.4 is 15.8 Å². The standard InChI is InChI=1S/C14H17ClN4O/c1-8-6-19(7-9(2)17-8)10-3-11-12(15)4-13(20)18-14(11)16-5-10/h3-5,8-9,17H,6-7H2,1-2H3,(H,16,18,20). The van der Waals surface area contributed by atoms with E-state index in [1.807, 2.05) is 6.07 Å². The van der Waals surface area contributed by atoms with Crippen LogP contribution in [0, 0.1) is 0 Å². The normalized spacial score (nSPS) is 23.2. The Morgan fingerprint density at radius 2 is 2.00 bits per heavy atom. The van der Waals surface area contributed by atoms with Crippen LogP contribution in [0.5, 0.6) is 0 Å². The molecule has 2 atom stereocenters. The lowest BCUT2D eigenvalue weighted by Crippen LogP contribution is -2.54. The maximum absolute atomic E-state index is 11.4. The van der Waals surface area contributed by atoms with Crippen LogP contribution in [0.3, 0.4) is 0 Å². The summed E-state index contributed by atoms with van der Waals surface area (Å²) in [5.74, 6) is 0. The van der Waals surface area contributed by atoms with Crippen molar-refractivity contribution in [2.45, 2.75) is 25.9 Å². The van der Waals surface area contributed by atoms with Gasteiger partial charge in [0.1, 0.15) is 5.65 Å². The molecule has 0 aromatic carbocycles. The molecule has 20 heavy (non-hydrogen) atoms. The topological polar surface area (TPSA) is 61.0 Å². The van der Waals surface area contributed by atoms with E-state index in [1.165, 1.54) is 6.07 Å². The quantitative estimate of drug-likeness (QED) is 0.841. The molecule has 0 radical (unpaired) electrons. The van der Waals surface area contributed by atoms with E-state index >= 15 is 0 Å². The van der Waals surface area contributed by atoms with Crippen molar-refractivity contribution in [3.05, 3.63) is 33.7 Å². The average Bonchev–Trinajstić information content (AvgIpc) is 2.37. The van der Waals surface area contributed by atoms with E-state index in [9.17, 15) is 4.79 Å². The fraction of sp³-hybridized carbons (Fsp3) is 0.429. The van der Waals surface area contributed by atoms with Crippen LogP contribution >= 0.6 is 11.6 Å². The smallest absolute Gasteiger partial charge is 0.251 e. The summed E-state index contributed by atoms with van der Waals surface area (Å²) in [4.78, 5) is 20.7. The molecule has 1 aliphatic heterocycles. The van der Waals surface area contributed by atoms with Crippen LogP contribution in [-0.2, 0) is 0 Å². The highest BCUT2D eigenvalue weighted by molar-refractivity contribution is 6.35. The molecule has 6 heteroatoms. The first-order valence-electron chi connectivity index (χ1n) is 6.72. The number of halogens is 1. The van der Waals surface area contributed by atoms with Crippen molar-refractivity contribution in [3.8, 4) is 0 Å². The zero-order valence-electron chi connectivity index (χ0n) is 11.5. The van der Waals surface area contributed by atoms with Gasteiger partial charge in [0, 0.05) is 36.6 Å². The van der Waals surface area contributed by atoms with Gasteiger partial charge in [0.15, 0.2) is 0 Å². The van der Waals surface area contributed by atoms with Gasteiger partial charge in [-0.3, -0.25) is 4.79 Å². The van der Waals surface area contributed by atoms with Gasteiger partial charge in [0.25, 0.3) is 5.56 Å². The van der Waals surface area contributed by atoms with Gasteiger partial charge in [0.05, 0.1) is 16.9 Å². The third-order valence-corrected chi connectivity index (χ3v) is 3.87. The van der Waals surface area contributed by atoms with Crippen molar-refractivity contribution in [3.63, 3.8) is 0 Å². The molecule has 0 amide bonds. The molecule has 2 aromatic heterocycles. The fourth-order valence-electron chi connectivity index (χ4n) is 2.79. The Hall–Kier alpha value is -1.59. The Morgan fingerprint density at radius 3 is 2.70 bits per heavy atom. The largest absolute Gasteiger partial charge is 0.367 e. The zero-order valence-corrected chi connectivity index (χ0v) is 12.2. The van der Waals surface area contributed by atoms with Gasteiger partial charge < -0.3 is 15.2 Å². The summed E-state index contributed by atoms with van der Waals surface area (Å²) < 4.78 is 0. The summed E-state index contributed by atoms with van der Waals surface area (Å²) in [7, 11) is 0. The number of hydrogen-bond acceptors (Lipinski definition) is 4. The number of piperazine rings is 1.